The van der Waals surface area contributed by atoms with Gasteiger partial charge in [-0.15, -0.1) is 0 Å². The number of β-amino-alcohol motifs (C(OH)–C–C–N with tert-alkyl or cyclic N) is 1. The Hall–Kier alpha value is -0.700. The van der Waals surface area contributed by atoms with Gasteiger partial charge < -0.3 is 10.0 Å². The molecule has 4 fully saturated rings. The molecule has 1 amide bonds. The molecule has 2 aliphatic carbocycles. The number of hydrogen-bond acceptors (Lipinski definition) is 5. The monoisotopic (exact) mass is 483 g/mol. The summed E-state index contributed by atoms with van der Waals surface area (Å²) in [5.74, 6) is 1.06. The summed E-state index contributed by atoms with van der Waals surface area (Å²) in [5, 5.41) is 12.0. The van der Waals surface area contributed by atoms with E-state index in [-0.39, 0.29) is 17.2 Å². The molecule has 7 nitrogen and oxygen atoms in total. The summed E-state index contributed by atoms with van der Waals surface area (Å²) >= 11 is 0. The molecular formula is C25H45N3O4S. The second kappa shape index (κ2) is 10.1. The Morgan fingerprint density at radius 2 is 1.61 bits per heavy atom. The quantitative estimate of drug-likeness (QED) is 0.628. The molecule has 190 valence electrons. The number of rotatable bonds is 6. The van der Waals surface area contributed by atoms with E-state index in [9.17, 15) is 18.3 Å². The third-order valence-corrected chi connectivity index (χ3v) is 10.6. The van der Waals surface area contributed by atoms with Gasteiger partial charge in [0.15, 0.2) is 0 Å². The zero-order valence-corrected chi connectivity index (χ0v) is 21.6. The van der Waals surface area contributed by atoms with Gasteiger partial charge >= 0.3 is 0 Å². The molecule has 0 aromatic heterocycles. The lowest BCUT2D eigenvalue weighted by Crippen LogP contribution is -2.65. The maximum atomic E-state index is 13.4. The number of sulfonamides is 1. The van der Waals surface area contributed by atoms with Gasteiger partial charge in [0, 0.05) is 57.1 Å². The molecule has 2 atom stereocenters. The maximum absolute atomic E-state index is 13.4. The molecule has 1 N–H and O–H groups in total. The molecule has 33 heavy (non-hydrogen) atoms. The molecule has 4 rings (SSSR count). The highest BCUT2D eigenvalue weighted by Crippen LogP contribution is 2.51. The average molecular weight is 484 g/mol. The van der Waals surface area contributed by atoms with Crippen LogP contribution in [0.3, 0.4) is 0 Å². The first-order chi connectivity index (χ1) is 15.6. The molecule has 1 unspecified atom stereocenters. The first kappa shape index (κ1) is 25.4. The van der Waals surface area contributed by atoms with Crippen LogP contribution in [0, 0.1) is 17.3 Å². The molecule has 4 aliphatic rings. The predicted molar refractivity (Wildman–Crippen MR) is 130 cm³/mol. The molecule has 0 aromatic carbocycles. The smallest absolute Gasteiger partial charge is 0.225 e. The lowest BCUT2D eigenvalue weighted by Gasteiger charge is -2.54. The van der Waals surface area contributed by atoms with Crippen molar-refractivity contribution in [2.75, 3.05) is 52.1 Å². The minimum atomic E-state index is -3.16. The van der Waals surface area contributed by atoms with E-state index in [4.69, 9.17) is 0 Å². The Balaban J connectivity index is 1.38. The van der Waals surface area contributed by atoms with Crippen LogP contribution in [0.1, 0.15) is 77.6 Å². The summed E-state index contributed by atoms with van der Waals surface area (Å²) < 4.78 is 25.2. The van der Waals surface area contributed by atoms with Crippen molar-refractivity contribution in [3.05, 3.63) is 0 Å². The van der Waals surface area contributed by atoms with Crippen molar-refractivity contribution in [3.8, 4) is 0 Å². The normalized spacial score (nSPS) is 31.2. The second-order valence-corrected chi connectivity index (χ2v) is 13.6. The van der Waals surface area contributed by atoms with E-state index < -0.39 is 15.6 Å². The maximum Gasteiger partial charge on any atom is 0.225 e. The van der Waals surface area contributed by atoms with Crippen molar-refractivity contribution in [3.63, 3.8) is 0 Å². The molecule has 0 bridgehead atoms. The number of aliphatic hydroxyl groups is 1. The molecule has 2 saturated heterocycles. The Bertz CT molecular complexity index is 783. The van der Waals surface area contributed by atoms with Gasteiger partial charge in [-0.05, 0) is 31.6 Å². The first-order valence-electron chi connectivity index (χ1n) is 13.3. The topological polar surface area (TPSA) is 81.2 Å². The average Bonchev–Trinajstić information content (AvgIpc) is 3.26. The van der Waals surface area contributed by atoms with E-state index >= 15 is 0 Å². The Morgan fingerprint density at radius 1 is 0.970 bits per heavy atom. The van der Waals surface area contributed by atoms with E-state index in [1.54, 1.807) is 0 Å². The summed E-state index contributed by atoms with van der Waals surface area (Å²) in [6.07, 6.45) is 13.6. The zero-order chi connectivity index (χ0) is 23.7. The van der Waals surface area contributed by atoms with Gasteiger partial charge in [-0.3, -0.25) is 9.69 Å². The third kappa shape index (κ3) is 5.60. The number of carbonyl (C=O) groups is 1. The first-order valence-corrected chi connectivity index (χ1v) is 15.2. The summed E-state index contributed by atoms with van der Waals surface area (Å²) in [7, 11) is -3.16. The van der Waals surface area contributed by atoms with Gasteiger partial charge in [-0.1, -0.05) is 51.9 Å². The standard InChI is InChI=1S/C25H45N3O4S/c1-21(18-22-8-4-3-5-9-22)23(29)27-13-12-25(30,24(19-27)10-6-7-11-24)20-26-14-16-28(17-15-26)33(2,31)32/h21-22,30H,3-20H2,1-2H3/t21-,25?/m1/s1. The highest BCUT2D eigenvalue weighted by molar-refractivity contribution is 7.88. The van der Waals surface area contributed by atoms with Gasteiger partial charge in [0.05, 0.1) is 11.9 Å². The van der Waals surface area contributed by atoms with Crippen LogP contribution >= 0.6 is 0 Å². The number of likely N-dealkylation sites (tertiary alicyclic amines) is 1. The van der Waals surface area contributed by atoms with Crippen LogP contribution in [0.15, 0.2) is 0 Å². The fraction of sp³-hybridized carbons (Fsp3) is 0.960. The molecule has 1 spiro atoms. The van der Waals surface area contributed by atoms with Gasteiger partial charge in [0.2, 0.25) is 15.9 Å². The van der Waals surface area contributed by atoms with Crippen LogP contribution in [-0.4, -0.2) is 91.2 Å². The summed E-state index contributed by atoms with van der Waals surface area (Å²) in [5.41, 5.74) is -1.03. The zero-order valence-electron chi connectivity index (χ0n) is 20.8. The van der Waals surface area contributed by atoms with E-state index in [2.05, 4.69) is 16.7 Å². The lowest BCUT2D eigenvalue weighted by molar-refractivity contribution is -0.165. The summed E-state index contributed by atoms with van der Waals surface area (Å²) in [4.78, 5) is 17.7. The van der Waals surface area contributed by atoms with Gasteiger partial charge in [0.25, 0.3) is 0 Å². The SMILES string of the molecule is C[C@H](CC1CCCCC1)C(=O)N1CCC(O)(CN2CCN(S(C)(=O)=O)CC2)C2(CCCC2)C1. The second-order valence-electron chi connectivity index (χ2n) is 11.6. The minimum absolute atomic E-state index is 0.0711. The number of piperidine rings is 1. The molecule has 0 aromatic rings. The fourth-order valence-corrected chi connectivity index (χ4v) is 8.04. The molecule has 0 radical (unpaired) electrons. The van der Waals surface area contributed by atoms with Crippen LogP contribution in [0.2, 0.25) is 0 Å². The van der Waals surface area contributed by atoms with Crippen molar-refractivity contribution >= 4 is 15.9 Å². The number of piperazine rings is 1. The van der Waals surface area contributed by atoms with Crippen LogP contribution in [-0.2, 0) is 14.8 Å². The van der Waals surface area contributed by atoms with Crippen molar-refractivity contribution in [2.45, 2.75) is 83.2 Å². The van der Waals surface area contributed by atoms with Crippen molar-refractivity contribution < 1.29 is 18.3 Å². The third-order valence-electron chi connectivity index (χ3n) is 9.27. The Morgan fingerprint density at radius 3 is 2.21 bits per heavy atom. The van der Waals surface area contributed by atoms with Crippen LogP contribution < -0.4 is 0 Å². The van der Waals surface area contributed by atoms with Crippen LogP contribution in [0.25, 0.3) is 0 Å². The van der Waals surface area contributed by atoms with E-state index in [0.29, 0.717) is 58.2 Å². The molecule has 2 aliphatic heterocycles. The molecule has 8 heteroatoms. The summed E-state index contributed by atoms with van der Waals surface area (Å²) in [6.45, 7) is 6.32. The lowest BCUT2D eigenvalue weighted by atomic mass is 9.65. The van der Waals surface area contributed by atoms with E-state index in [0.717, 1.165) is 32.1 Å². The van der Waals surface area contributed by atoms with E-state index in [1.165, 1.54) is 42.7 Å². The number of hydrogen-bond donors (Lipinski definition) is 1. The largest absolute Gasteiger partial charge is 0.388 e. The van der Waals surface area contributed by atoms with Crippen LogP contribution in [0.4, 0.5) is 0 Å². The highest BCUT2D eigenvalue weighted by atomic mass is 32.2. The molecular weight excluding hydrogens is 438 g/mol. The van der Waals surface area contributed by atoms with Crippen molar-refractivity contribution in [2.24, 2.45) is 17.3 Å². The minimum Gasteiger partial charge on any atom is -0.388 e. The van der Waals surface area contributed by atoms with Gasteiger partial charge in [-0.25, -0.2) is 8.42 Å². The summed E-state index contributed by atoms with van der Waals surface area (Å²) in [6, 6.07) is 0. The number of carbonyl (C=O) groups excluding carboxylic acids is 1. The number of nitrogens with zero attached hydrogens (tertiary/aromatic N) is 3. The van der Waals surface area contributed by atoms with Crippen molar-refractivity contribution in [1.29, 1.82) is 0 Å². The molecule has 2 heterocycles. The predicted octanol–water partition coefficient (Wildman–Crippen LogP) is 2.69. The number of amides is 1. The van der Waals surface area contributed by atoms with E-state index in [1.807, 2.05) is 0 Å². The van der Waals surface area contributed by atoms with Crippen LogP contribution in [0.5, 0.6) is 0 Å². The van der Waals surface area contributed by atoms with Gasteiger partial charge in [-0.2, -0.15) is 4.31 Å². The Kier molecular flexibility index (Phi) is 7.78. The highest BCUT2D eigenvalue weighted by Gasteiger charge is 2.56. The van der Waals surface area contributed by atoms with Gasteiger partial charge in [0.1, 0.15) is 0 Å². The Labute approximate surface area is 200 Å². The van der Waals surface area contributed by atoms with Crippen molar-refractivity contribution in [1.82, 2.24) is 14.1 Å². The fourth-order valence-electron chi connectivity index (χ4n) is 7.21. The molecule has 2 saturated carbocycles.